The minimum atomic E-state index is 0.831. The Morgan fingerprint density at radius 1 is 1.08 bits per heavy atom. The van der Waals surface area contributed by atoms with Crippen molar-refractivity contribution in [3.63, 3.8) is 0 Å². The lowest BCUT2D eigenvalue weighted by Crippen LogP contribution is -2.10. The zero-order valence-electron chi connectivity index (χ0n) is 14.5. The third-order valence-corrected chi connectivity index (χ3v) is 3.68. The maximum absolute atomic E-state index is 5.23. The molecule has 25 heavy (non-hydrogen) atoms. The summed E-state index contributed by atoms with van der Waals surface area (Å²) in [6.45, 7) is 0. The number of aromatic nitrogens is 2. The van der Waals surface area contributed by atoms with Crippen LogP contribution in [-0.2, 0) is 0 Å². The number of methoxy groups -OCH3 is 1. The predicted octanol–water partition coefficient (Wildman–Crippen LogP) is 3.77. The molecule has 0 amide bonds. The molecule has 0 radical (unpaired) electrons. The standard InChI is InChI=1S/C21H19N3O/c1-24(2)21-13-8-16(15-22-21)6-4-5-7-18-10-9-17-14-19(25-3)11-12-20(17)23-18/h5,7-15H,1-3H3/b7-5+. The number of nitrogens with zero attached hydrogens (tertiary/aromatic N) is 3. The average Bonchev–Trinajstić information content (AvgIpc) is 2.65. The quantitative estimate of drug-likeness (QED) is 0.686. The van der Waals surface area contributed by atoms with E-state index in [9.17, 15) is 0 Å². The van der Waals surface area contributed by atoms with Crippen molar-refractivity contribution < 1.29 is 4.74 Å². The third-order valence-electron chi connectivity index (χ3n) is 3.68. The van der Waals surface area contributed by atoms with Crippen LogP contribution in [0.5, 0.6) is 5.75 Å². The summed E-state index contributed by atoms with van der Waals surface area (Å²) in [5, 5.41) is 1.05. The number of ether oxygens (including phenoxy) is 1. The number of allylic oxidation sites excluding steroid dienone is 1. The van der Waals surface area contributed by atoms with Crippen molar-refractivity contribution in [1.29, 1.82) is 0 Å². The Kier molecular flexibility index (Phi) is 4.96. The topological polar surface area (TPSA) is 38.2 Å². The summed E-state index contributed by atoms with van der Waals surface area (Å²) in [5.41, 5.74) is 2.68. The number of anilines is 1. The predicted molar refractivity (Wildman–Crippen MR) is 103 cm³/mol. The smallest absolute Gasteiger partial charge is 0.128 e. The summed E-state index contributed by atoms with van der Waals surface area (Å²) in [5.74, 6) is 7.84. The molecule has 2 aromatic heterocycles. The van der Waals surface area contributed by atoms with E-state index in [0.29, 0.717) is 0 Å². The summed E-state index contributed by atoms with van der Waals surface area (Å²) in [7, 11) is 5.58. The highest BCUT2D eigenvalue weighted by atomic mass is 16.5. The number of benzene rings is 1. The molecule has 124 valence electrons. The van der Waals surface area contributed by atoms with E-state index in [1.807, 2.05) is 67.5 Å². The lowest BCUT2D eigenvalue weighted by atomic mass is 10.2. The molecule has 0 aliphatic rings. The molecule has 0 bridgehead atoms. The minimum Gasteiger partial charge on any atom is -0.497 e. The molecular weight excluding hydrogens is 310 g/mol. The molecular formula is C21H19N3O. The van der Waals surface area contributed by atoms with Gasteiger partial charge < -0.3 is 9.64 Å². The van der Waals surface area contributed by atoms with Crippen LogP contribution in [0.25, 0.3) is 17.0 Å². The first-order valence-electron chi connectivity index (χ1n) is 7.92. The Labute approximate surface area is 147 Å². The molecule has 3 rings (SSSR count). The van der Waals surface area contributed by atoms with E-state index in [-0.39, 0.29) is 0 Å². The van der Waals surface area contributed by atoms with Crippen LogP contribution in [0, 0.1) is 11.8 Å². The van der Waals surface area contributed by atoms with Crippen LogP contribution in [-0.4, -0.2) is 31.2 Å². The molecule has 0 fully saturated rings. The van der Waals surface area contributed by atoms with E-state index in [4.69, 9.17) is 4.74 Å². The van der Waals surface area contributed by atoms with Gasteiger partial charge in [0.05, 0.1) is 18.3 Å². The van der Waals surface area contributed by atoms with Crippen molar-refractivity contribution >= 4 is 22.8 Å². The molecule has 3 aromatic rings. The molecule has 0 saturated carbocycles. The van der Waals surface area contributed by atoms with Crippen LogP contribution in [0.1, 0.15) is 11.3 Å². The molecule has 0 spiro atoms. The second kappa shape index (κ2) is 7.50. The highest BCUT2D eigenvalue weighted by molar-refractivity contribution is 5.81. The van der Waals surface area contributed by atoms with Crippen molar-refractivity contribution in [2.75, 3.05) is 26.1 Å². The van der Waals surface area contributed by atoms with Crippen LogP contribution in [0.3, 0.4) is 0 Å². The lowest BCUT2D eigenvalue weighted by Gasteiger charge is -2.09. The second-order valence-electron chi connectivity index (χ2n) is 5.70. The Balaban J connectivity index is 1.73. The van der Waals surface area contributed by atoms with E-state index in [1.54, 1.807) is 19.4 Å². The first-order valence-corrected chi connectivity index (χ1v) is 7.92. The fourth-order valence-electron chi connectivity index (χ4n) is 2.32. The van der Waals surface area contributed by atoms with Gasteiger partial charge in [-0.25, -0.2) is 9.97 Å². The summed E-state index contributed by atoms with van der Waals surface area (Å²) in [4.78, 5) is 10.9. The van der Waals surface area contributed by atoms with Gasteiger partial charge in [0.15, 0.2) is 0 Å². The Morgan fingerprint density at radius 3 is 2.68 bits per heavy atom. The number of pyridine rings is 2. The molecule has 1 aromatic carbocycles. The van der Waals surface area contributed by atoms with E-state index in [0.717, 1.165) is 33.7 Å². The number of fused-ring (bicyclic) bond motifs is 1. The largest absolute Gasteiger partial charge is 0.497 e. The fourth-order valence-corrected chi connectivity index (χ4v) is 2.32. The highest BCUT2D eigenvalue weighted by Crippen LogP contribution is 2.19. The summed E-state index contributed by atoms with van der Waals surface area (Å²) in [6, 6.07) is 13.7. The fraction of sp³-hybridized carbons (Fsp3) is 0.143. The van der Waals surface area contributed by atoms with E-state index in [1.165, 1.54) is 0 Å². The van der Waals surface area contributed by atoms with Gasteiger partial charge in [-0.1, -0.05) is 17.9 Å². The van der Waals surface area contributed by atoms with Crippen molar-refractivity contribution in [2.45, 2.75) is 0 Å². The molecule has 0 saturated heterocycles. The van der Waals surface area contributed by atoms with Gasteiger partial charge >= 0.3 is 0 Å². The molecule has 4 nitrogen and oxygen atoms in total. The number of hydrogen-bond acceptors (Lipinski definition) is 4. The Bertz CT molecular complexity index is 964. The molecule has 0 N–H and O–H groups in total. The molecule has 0 aliphatic carbocycles. The van der Waals surface area contributed by atoms with E-state index >= 15 is 0 Å². The Morgan fingerprint density at radius 2 is 1.96 bits per heavy atom. The van der Waals surface area contributed by atoms with Crippen LogP contribution < -0.4 is 9.64 Å². The number of rotatable bonds is 3. The van der Waals surface area contributed by atoms with E-state index < -0.39 is 0 Å². The normalized spacial score (nSPS) is 10.5. The highest BCUT2D eigenvalue weighted by Gasteiger charge is 1.98. The summed E-state index contributed by atoms with van der Waals surface area (Å²) < 4.78 is 5.23. The maximum atomic E-state index is 5.23. The third kappa shape index (κ3) is 4.15. The SMILES string of the molecule is COc1ccc2nc(/C=C/C#Cc3ccc(N(C)C)nc3)ccc2c1. The zero-order valence-corrected chi connectivity index (χ0v) is 14.5. The lowest BCUT2D eigenvalue weighted by molar-refractivity contribution is 0.415. The van der Waals surface area contributed by atoms with Crippen LogP contribution in [0.4, 0.5) is 5.82 Å². The van der Waals surface area contributed by atoms with Crippen molar-refractivity contribution in [2.24, 2.45) is 0 Å². The van der Waals surface area contributed by atoms with Gasteiger partial charge in [0.25, 0.3) is 0 Å². The monoisotopic (exact) mass is 329 g/mol. The summed E-state index contributed by atoms with van der Waals surface area (Å²) >= 11 is 0. The molecule has 0 unspecified atom stereocenters. The first-order chi connectivity index (χ1) is 12.2. The van der Waals surface area contributed by atoms with Crippen molar-refractivity contribution in [3.8, 4) is 17.6 Å². The summed E-state index contributed by atoms with van der Waals surface area (Å²) in [6.07, 6.45) is 5.48. The zero-order chi connectivity index (χ0) is 17.6. The Hall–Kier alpha value is -3.32. The number of hydrogen-bond donors (Lipinski definition) is 0. The second-order valence-corrected chi connectivity index (χ2v) is 5.70. The van der Waals surface area contributed by atoms with Crippen LogP contribution in [0.15, 0.2) is 54.7 Å². The van der Waals surface area contributed by atoms with Gasteiger partial charge in [0, 0.05) is 31.2 Å². The van der Waals surface area contributed by atoms with Crippen molar-refractivity contribution in [1.82, 2.24) is 9.97 Å². The van der Waals surface area contributed by atoms with Crippen LogP contribution >= 0.6 is 0 Å². The first kappa shape index (κ1) is 16.5. The van der Waals surface area contributed by atoms with Crippen LogP contribution in [0.2, 0.25) is 0 Å². The molecule has 0 atom stereocenters. The maximum Gasteiger partial charge on any atom is 0.128 e. The van der Waals surface area contributed by atoms with Gasteiger partial charge in [0.1, 0.15) is 11.6 Å². The molecule has 0 aliphatic heterocycles. The van der Waals surface area contributed by atoms with Gasteiger partial charge in [-0.05, 0) is 48.6 Å². The van der Waals surface area contributed by atoms with Gasteiger partial charge in [-0.2, -0.15) is 0 Å². The molecule has 4 heteroatoms. The van der Waals surface area contributed by atoms with Gasteiger partial charge in [-0.3, -0.25) is 0 Å². The molecule has 2 heterocycles. The average molecular weight is 329 g/mol. The minimum absolute atomic E-state index is 0.831. The van der Waals surface area contributed by atoms with Gasteiger partial charge in [0.2, 0.25) is 0 Å². The van der Waals surface area contributed by atoms with Gasteiger partial charge in [-0.15, -0.1) is 0 Å². The van der Waals surface area contributed by atoms with Crippen molar-refractivity contribution in [3.05, 3.63) is 66.0 Å². The van der Waals surface area contributed by atoms with E-state index in [2.05, 4.69) is 21.8 Å².